The van der Waals surface area contributed by atoms with Crippen LogP contribution < -0.4 is 10.6 Å². The summed E-state index contributed by atoms with van der Waals surface area (Å²) in [4.78, 5) is 58.6. The molecule has 2 amide bonds. The normalized spacial score (nSPS) is 16.1. The van der Waals surface area contributed by atoms with Gasteiger partial charge in [-0.2, -0.15) is 0 Å². The monoisotopic (exact) mass is 772 g/mol. The Morgan fingerprint density at radius 3 is 1.37 bits per heavy atom. The number of ketones is 2. The van der Waals surface area contributed by atoms with Gasteiger partial charge in [0, 0.05) is 69.3 Å². The molecule has 0 fully saturated rings. The van der Waals surface area contributed by atoms with Crippen molar-refractivity contribution in [1.29, 1.82) is 0 Å². The Hall–Kier alpha value is -4.80. The summed E-state index contributed by atoms with van der Waals surface area (Å²) in [7, 11) is 0. The van der Waals surface area contributed by atoms with E-state index in [4.69, 9.17) is 23.2 Å². The molecule has 10 nitrogen and oxygen atoms in total. The predicted molar refractivity (Wildman–Crippen MR) is 209 cm³/mol. The van der Waals surface area contributed by atoms with Crippen LogP contribution in [0.3, 0.4) is 0 Å². The van der Waals surface area contributed by atoms with Gasteiger partial charge in [-0.05, 0) is 138 Å². The van der Waals surface area contributed by atoms with E-state index in [1.165, 1.54) is 24.5 Å². The van der Waals surface area contributed by atoms with E-state index in [1.54, 1.807) is 36.4 Å². The lowest BCUT2D eigenvalue weighted by Crippen LogP contribution is -2.41. The number of fused-ring (bicyclic) bond motifs is 2. The van der Waals surface area contributed by atoms with Crippen molar-refractivity contribution in [3.63, 3.8) is 0 Å². The molecule has 0 spiro atoms. The Labute approximate surface area is 325 Å². The molecule has 2 aliphatic carbocycles. The molecule has 2 heterocycles. The molecule has 0 unspecified atom stereocenters. The van der Waals surface area contributed by atoms with E-state index < -0.39 is 0 Å². The number of aromatic nitrogens is 2. The zero-order valence-corrected chi connectivity index (χ0v) is 32.9. The number of amides is 2. The van der Waals surface area contributed by atoms with Crippen molar-refractivity contribution < 1.29 is 29.4 Å². The van der Waals surface area contributed by atoms with Gasteiger partial charge in [0.1, 0.15) is 34.5 Å². The van der Waals surface area contributed by atoms with Crippen LogP contribution in [0, 0.1) is 0 Å². The number of hydrogen-bond acceptors (Lipinski definition) is 8. The van der Waals surface area contributed by atoms with Gasteiger partial charge in [0.05, 0.1) is 0 Å². The van der Waals surface area contributed by atoms with E-state index >= 15 is 0 Å². The molecule has 4 N–H and O–H groups in total. The van der Waals surface area contributed by atoms with Crippen molar-refractivity contribution in [3.8, 4) is 11.5 Å². The molecular formula is C42H46Cl2N4O6. The maximum Gasteiger partial charge on any atom is 0.270 e. The van der Waals surface area contributed by atoms with E-state index in [-0.39, 0.29) is 82.0 Å². The first-order chi connectivity index (χ1) is 25.3. The number of phenols is 2. The van der Waals surface area contributed by atoms with Gasteiger partial charge in [-0.1, -0.05) is 23.2 Å². The number of pyridine rings is 2. The lowest BCUT2D eigenvalue weighted by molar-refractivity contribution is -0.120. The summed E-state index contributed by atoms with van der Waals surface area (Å²) in [6.45, 7) is 11.4. The van der Waals surface area contributed by atoms with Crippen molar-refractivity contribution in [3.05, 3.63) is 116 Å². The van der Waals surface area contributed by atoms with Gasteiger partial charge in [0.15, 0.2) is 0 Å². The van der Waals surface area contributed by atoms with Crippen molar-refractivity contribution in [2.45, 2.75) is 103 Å². The maximum atomic E-state index is 12.9. The molecule has 0 aliphatic heterocycles. The minimum Gasteiger partial charge on any atom is -0.508 e. The number of hydrogen-bond donors (Lipinski definition) is 4. The fourth-order valence-corrected chi connectivity index (χ4v) is 7.44. The van der Waals surface area contributed by atoms with Crippen LogP contribution in [0.2, 0.25) is 10.0 Å². The Bertz CT molecular complexity index is 1950. The molecule has 2 aromatic heterocycles. The summed E-state index contributed by atoms with van der Waals surface area (Å²) in [6, 6.07) is 13.2. The third-order valence-corrected chi connectivity index (χ3v) is 9.95. The van der Waals surface area contributed by atoms with Crippen molar-refractivity contribution >= 4 is 46.6 Å². The molecule has 2 aromatic carbocycles. The van der Waals surface area contributed by atoms with Crippen LogP contribution in [0.1, 0.15) is 121 Å². The van der Waals surface area contributed by atoms with Crippen LogP contribution in [-0.2, 0) is 35.3 Å². The lowest BCUT2D eigenvalue weighted by Gasteiger charge is -2.20. The number of phenolic OH excluding ortho intramolecular Hbond substituents is 2. The molecule has 12 heteroatoms. The summed E-state index contributed by atoms with van der Waals surface area (Å²) in [5.41, 5.74) is 4.29. The van der Waals surface area contributed by atoms with Gasteiger partial charge in [-0.25, -0.2) is 0 Å². The van der Waals surface area contributed by atoms with Crippen molar-refractivity contribution in [1.82, 2.24) is 20.6 Å². The Morgan fingerprint density at radius 1 is 0.648 bits per heavy atom. The lowest BCUT2D eigenvalue weighted by atomic mass is 9.92. The minimum absolute atomic E-state index is 0.000281. The SMILES string of the molecule is CC(C)(C)NC(=O)c1cc(CC(=O)[C@@H]2CCc3c(Cl)ccc(O)c32)ccn1.CC(C)(C)NC(=O)c1cc(CC(=O)[C@H]2CCc3c(Cl)ccc(O)c32)ccn1. The molecule has 0 radical (unpaired) electrons. The number of nitrogens with zero attached hydrogens (tertiary/aromatic N) is 2. The summed E-state index contributed by atoms with van der Waals surface area (Å²) in [5, 5.41) is 27.3. The highest BCUT2D eigenvalue weighted by Gasteiger charge is 2.34. The van der Waals surface area contributed by atoms with Gasteiger partial charge in [0.25, 0.3) is 11.8 Å². The number of nitrogens with one attached hydrogen (secondary N) is 2. The standard InChI is InChI=1S/2C21H23ClN2O3/c2*1-21(2,3)24-20(27)16-10-12(8-9-23-16)11-18(26)14-5-4-13-15(22)6-7-17(25)19(13)14/h2*6-10,14,25H,4-5,11H2,1-3H3,(H,24,27)/t2*14-/m10/s1. The Morgan fingerprint density at radius 2 is 1.02 bits per heavy atom. The van der Waals surface area contributed by atoms with Crippen LogP contribution >= 0.6 is 23.2 Å². The summed E-state index contributed by atoms with van der Waals surface area (Å²) >= 11 is 12.4. The van der Waals surface area contributed by atoms with E-state index in [0.717, 1.165) is 22.3 Å². The van der Waals surface area contributed by atoms with Crippen LogP contribution in [-0.4, -0.2) is 54.6 Å². The first-order valence-corrected chi connectivity index (χ1v) is 18.7. The molecule has 0 saturated heterocycles. The van der Waals surface area contributed by atoms with E-state index in [9.17, 15) is 29.4 Å². The number of aromatic hydroxyl groups is 2. The van der Waals surface area contributed by atoms with Crippen LogP contribution in [0.15, 0.2) is 60.9 Å². The van der Waals surface area contributed by atoms with Gasteiger partial charge in [-0.3, -0.25) is 29.1 Å². The van der Waals surface area contributed by atoms with Crippen molar-refractivity contribution in [2.24, 2.45) is 0 Å². The Balaban J connectivity index is 0.000000208. The van der Waals surface area contributed by atoms with Gasteiger partial charge in [-0.15, -0.1) is 0 Å². The number of Topliss-reactive ketones (excluding diaryl/α,β-unsaturated/α-hetero) is 2. The number of rotatable bonds is 8. The summed E-state index contributed by atoms with van der Waals surface area (Å²) in [6.07, 6.45) is 6.04. The van der Waals surface area contributed by atoms with Crippen LogP contribution in [0.5, 0.6) is 11.5 Å². The van der Waals surface area contributed by atoms with Gasteiger partial charge in [0.2, 0.25) is 0 Å². The fourth-order valence-electron chi connectivity index (χ4n) is 6.92. The quantitative estimate of drug-likeness (QED) is 0.142. The molecule has 4 aromatic rings. The molecular weight excluding hydrogens is 727 g/mol. The second-order valence-corrected chi connectivity index (χ2v) is 16.7. The summed E-state index contributed by atoms with van der Waals surface area (Å²) in [5.74, 6) is -1.06. The van der Waals surface area contributed by atoms with Gasteiger partial charge >= 0.3 is 0 Å². The van der Waals surface area contributed by atoms with E-state index in [0.29, 0.717) is 46.9 Å². The molecule has 0 bridgehead atoms. The first kappa shape index (κ1) is 40.4. The number of carbonyl (C=O) groups excluding carboxylic acids is 4. The maximum absolute atomic E-state index is 12.9. The van der Waals surface area contributed by atoms with Crippen LogP contribution in [0.4, 0.5) is 0 Å². The zero-order chi connectivity index (χ0) is 39.5. The minimum atomic E-state index is -0.376. The number of carbonyl (C=O) groups is 4. The smallest absolute Gasteiger partial charge is 0.270 e. The highest BCUT2D eigenvalue weighted by molar-refractivity contribution is 6.32. The summed E-state index contributed by atoms with van der Waals surface area (Å²) < 4.78 is 0. The molecule has 284 valence electrons. The van der Waals surface area contributed by atoms with E-state index in [2.05, 4.69) is 20.6 Å². The highest BCUT2D eigenvalue weighted by atomic mass is 35.5. The average molecular weight is 774 g/mol. The Kier molecular flexibility index (Phi) is 12.2. The van der Waals surface area contributed by atoms with Crippen LogP contribution in [0.25, 0.3) is 0 Å². The number of halogens is 2. The average Bonchev–Trinajstić information content (AvgIpc) is 3.75. The van der Waals surface area contributed by atoms with Crippen molar-refractivity contribution in [2.75, 3.05) is 0 Å². The zero-order valence-electron chi connectivity index (χ0n) is 31.3. The second-order valence-electron chi connectivity index (χ2n) is 15.9. The third-order valence-electron chi connectivity index (χ3n) is 9.24. The molecule has 6 rings (SSSR count). The number of benzene rings is 2. The first-order valence-electron chi connectivity index (χ1n) is 17.9. The third kappa shape index (κ3) is 9.84. The fraction of sp³-hybridized carbons (Fsp3) is 0.381. The predicted octanol–water partition coefficient (Wildman–Crippen LogP) is 7.62. The largest absolute Gasteiger partial charge is 0.508 e. The molecule has 2 aliphatic rings. The molecule has 2 atom stereocenters. The highest BCUT2D eigenvalue weighted by Crippen LogP contribution is 2.44. The topological polar surface area (TPSA) is 159 Å². The second kappa shape index (κ2) is 16.3. The molecule has 54 heavy (non-hydrogen) atoms. The molecule has 0 saturated carbocycles. The van der Waals surface area contributed by atoms with E-state index in [1.807, 2.05) is 41.5 Å². The van der Waals surface area contributed by atoms with Gasteiger partial charge < -0.3 is 20.8 Å².